The summed E-state index contributed by atoms with van der Waals surface area (Å²) in [6, 6.07) is 10.2. The van der Waals surface area contributed by atoms with Crippen LogP contribution in [0.1, 0.15) is 24.8 Å². The highest BCUT2D eigenvalue weighted by atomic mass is 32.1. The van der Waals surface area contributed by atoms with E-state index in [-0.39, 0.29) is 0 Å². The molecule has 0 saturated carbocycles. The fourth-order valence-corrected chi connectivity index (χ4v) is 2.10. The minimum absolute atomic E-state index is 0.537. The van der Waals surface area contributed by atoms with E-state index in [1.54, 1.807) is 0 Å². The molecule has 1 aromatic rings. The Hall–Kier alpha value is -1.68. The van der Waals surface area contributed by atoms with Crippen LogP contribution in [0.25, 0.3) is 0 Å². The van der Waals surface area contributed by atoms with E-state index in [4.69, 9.17) is 12.2 Å². The lowest BCUT2D eigenvalue weighted by atomic mass is 9.96. The lowest BCUT2D eigenvalue weighted by molar-refractivity contribution is 0.624. The van der Waals surface area contributed by atoms with E-state index in [1.165, 1.54) is 12.0 Å². The number of allylic oxidation sites excluding steroid dienone is 2. The van der Waals surface area contributed by atoms with Crippen molar-refractivity contribution < 1.29 is 0 Å². The van der Waals surface area contributed by atoms with Gasteiger partial charge in [-0.2, -0.15) is 5.10 Å². The van der Waals surface area contributed by atoms with E-state index in [0.29, 0.717) is 17.6 Å². The SMILES string of the molecule is S=C(NCc1ccccc1)N/N=C\[C@@H]1CC=CCC1. The second-order valence-corrected chi connectivity index (χ2v) is 5.01. The maximum atomic E-state index is 5.17. The molecular formula is C15H19N3S. The van der Waals surface area contributed by atoms with Gasteiger partial charge in [0.15, 0.2) is 5.11 Å². The Balaban J connectivity index is 1.67. The number of benzene rings is 1. The third-order valence-corrected chi connectivity index (χ3v) is 3.29. The molecule has 1 aliphatic rings. The van der Waals surface area contributed by atoms with Gasteiger partial charge < -0.3 is 5.32 Å². The molecule has 0 radical (unpaired) electrons. The summed E-state index contributed by atoms with van der Waals surface area (Å²) in [5.41, 5.74) is 4.07. The van der Waals surface area contributed by atoms with Crippen LogP contribution in [0.5, 0.6) is 0 Å². The smallest absolute Gasteiger partial charge is 0.187 e. The van der Waals surface area contributed by atoms with Gasteiger partial charge in [0.05, 0.1) is 0 Å². The average Bonchev–Trinajstić information content (AvgIpc) is 2.47. The van der Waals surface area contributed by atoms with Crippen molar-refractivity contribution in [1.29, 1.82) is 0 Å². The van der Waals surface area contributed by atoms with Crippen LogP contribution in [0.2, 0.25) is 0 Å². The zero-order valence-electron chi connectivity index (χ0n) is 10.9. The predicted molar refractivity (Wildman–Crippen MR) is 84.0 cm³/mol. The van der Waals surface area contributed by atoms with Crippen molar-refractivity contribution in [3.05, 3.63) is 48.0 Å². The van der Waals surface area contributed by atoms with Crippen LogP contribution in [0.3, 0.4) is 0 Å². The van der Waals surface area contributed by atoms with Crippen LogP contribution in [-0.4, -0.2) is 11.3 Å². The molecule has 2 rings (SSSR count). The lowest BCUT2D eigenvalue weighted by Gasteiger charge is -2.12. The first kappa shape index (κ1) is 13.7. The molecule has 1 aliphatic carbocycles. The highest BCUT2D eigenvalue weighted by molar-refractivity contribution is 7.80. The first-order chi connectivity index (χ1) is 9.34. The predicted octanol–water partition coefficient (Wildman–Crippen LogP) is 2.99. The summed E-state index contributed by atoms with van der Waals surface area (Å²) in [5.74, 6) is 0.537. The number of rotatable bonds is 4. The van der Waals surface area contributed by atoms with Gasteiger partial charge in [-0.25, -0.2) is 0 Å². The normalized spacial score (nSPS) is 18.4. The molecule has 4 heteroatoms. The molecule has 1 atom stereocenters. The second-order valence-electron chi connectivity index (χ2n) is 4.60. The Morgan fingerprint density at radius 3 is 2.89 bits per heavy atom. The largest absolute Gasteiger partial charge is 0.357 e. The molecule has 0 spiro atoms. The van der Waals surface area contributed by atoms with Crippen molar-refractivity contribution in [1.82, 2.24) is 10.7 Å². The number of thiocarbonyl (C=S) groups is 1. The highest BCUT2D eigenvalue weighted by Crippen LogP contribution is 2.15. The van der Waals surface area contributed by atoms with Crippen LogP contribution in [0.15, 0.2) is 47.6 Å². The molecule has 0 aliphatic heterocycles. The zero-order valence-corrected chi connectivity index (χ0v) is 11.7. The Morgan fingerprint density at radius 1 is 1.32 bits per heavy atom. The summed E-state index contributed by atoms with van der Waals surface area (Å²) < 4.78 is 0. The maximum absolute atomic E-state index is 5.17. The number of hydrogen-bond acceptors (Lipinski definition) is 2. The van der Waals surface area contributed by atoms with Crippen LogP contribution < -0.4 is 10.7 Å². The summed E-state index contributed by atoms with van der Waals surface area (Å²) in [6.07, 6.45) is 9.80. The van der Waals surface area contributed by atoms with Crippen molar-refractivity contribution in [2.75, 3.05) is 0 Å². The second kappa shape index (κ2) is 7.69. The van der Waals surface area contributed by atoms with Crippen molar-refractivity contribution >= 4 is 23.5 Å². The summed E-state index contributed by atoms with van der Waals surface area (Å²) >= 11 is 5.17. The molecule has 0 bridgehead atoms. The minimum atomic E-state index is 0.537. The van der Waals surface area contributed by atoms with Crippen LogP contribution in [-0.2, 0) is 6.54 Å². The molecule has 1 aromatic carbocycles. The fraction of sp³-hybridized carbons (Fsp3) is 0.333. The van der Waals surface area contributed by atoms with Gasteiger partial charge in [-0.15, -0.1) is 0 Å². The zero-order chi connectivity index (χ0) is 13.3. The van der Waals surface area contributed by atoms with Gasteiger partial charge in [-0.05, 0) is 43.0 Å². The Bertz CT molecular complexity index is 454. The molecule has 0 unspecified atom stereocenters. The Kier molecular flexibility index (Phi) is 5.56. The van der Waals surface area contributed by atoms with E-state index in [2.05, 4.69) is 40.1 Å². The molecule has 2 N–H and O–H groups in total. The first-order valence-electron chi connectivity index (χ1n) is 6.60. The van der Waals surface area contributed by atoms with Crippen LogP contribution in [0.4, 0.5) is 0 Å². The van der Waals surface area contributed by atoms with Crippen LogP contribution >= 0.6 is 12.2 Å². The molecule has 0 fully saturated rings. The quantitative estimate of drug-likeness (QED) is 0.383. The third-order valence-electron chi connectivity index (χ3n) is 3.06. The van der Waals surface area contributed by atoms with Gasteiger partial charge in [0.1, 0.15) is 0 Å². The van der Waals surface area contributed by atoms with Crippen molar-refractivity contribution in [2.24, 2.45) is 11.0 Å². The summed E-state index contributed by atoms with van der Waals surface area (Å²) in [6.45, 7) is 0.717. The summed E-state index contributed by atoms with van der Waals surface area (Å²) in [4.78, 5) is 0. The molecule has 0 heterocycles. The van der Waals surface area contributed by atoms with Crippen LogP contribution in [0, 0.1) is 5.92 Å². The van der Waals surface area contributed by atoms with E-state index in [0.717, 1.165) is 12.8 Å². The minimum Gasteiger partial charge on any atom is -0.357 e. The monoisotopic (exact) mass is 273 g/mol. The summed E-state index contributed by atoms with van der Waals surface area (Å²) in [5, 5.41) is 7.89. The molecule has 100 valence electrons. The topological polar surface area (TPSA) is 36.4 Å². The fourth-order valence-electron chi connectivity index (χ4n) is 1.97. The standard InChI is InChI=1S/C15H19N3S/c19-15(16-11-13-7-3-1-4-8-13)18-17-12-14-9-5-2-6-10-14/h1-5,7-8,12,14H,6,9-11H2,(H2,16,18,19)/b17-12-/t14-/m1/s1. The summed E-state index contributed by atoms with van der Waals surface area (Å²) in [7, 11) is 0. The lowest BCUT2D eigenvalue weighted by Crippen LogP contribution is -2.31. The highest BCUT2D eigenvalue weighted by Gasteiger charge is 2.06. The Morgan fingerprint density at radius 2 is 2.16 bits per heavy atom. The molecule has 19 heavy (non-hydrogen) atoms. The molecule has 3 nitrogen and oxygen atoms in total. The van der Waals surface area contributed by atoms with Gasteiger partial charge in [-0.3, -0.25) is 5.43 Å². The van der Waals surface area contributed by atoms with Gasteiger partial charge in [0, 0.05) is 12.8 Å². The van der Waals surface area contributed by atoms with Crippen molar-refractivity contribution in [3.8, 4) is 0 Å². The van der Waals surface area contributed by atoms with Crippen molar-refractivity contribution in [2.45, 2.75) is 25.8 Å². The van der Waals surface area contributed by atoms with E-state index < -0.39 is 0 Å². The number of nitrogens with one attached hydrogen (secondary N) is 2. The first-order valence-corrected chi connectivity index (χ1v) is 7.01. The van der Waals surface area contributed by atoms with Gasteiger partial charge in [-0.1, -0.05) is 42.5 Å². The molecular weight excluding hydrogens is 254 g/mol. The maximum Gasteiger partial charge on any atom is 0.187 e. The molecule has 0 saturated heterocycles. The van der Waals surface area contributed by atoms with E-state index in [1.807, 2.05) is 24.4 Å². The third kappa shape index (κ3) is 5.22. The van der Waals surface area contributed by atoms with Crippen molar-refractivity contribution in [3.63, 3.8) is 0 Å². The van der Waals surface area contributed by atoms with E-state index in [9.17, 15) is 0 Å². The van der Waals surface area contributed by atoms with Gasteiger partial charge in [0.2, 0.25) is 0 Å². The van der Waals surface area contributed by atoms with Gasteiger partial charge >= 0.3 is 0 Å². The number of hydrogen-bond donors (Lipinski definition) is 2. The average molecular weight is 273 g/mol. The molecule has 0 aromatic heterocycles. The molecule has 0 amide bonds. The number of nitrogens with zero attached hydrogens (tertiary/aromatic N) is 1. The Labute approximate surface area is 119 Å². The van der Waals surface area contributed by atoms with E-state index >= 15 is 0 Å². The number of hydrazone groups is 1. The van der Waals surface area contributed by atoms with Gasteiger partial charge in [0.25, 0.3) is 0 Å².